The normalized spacial score (nSPS) is 12.3. The molecular formula is C19H19BrF3N3. The van der Waals surface area contributed by atoms with Gasteiger partial charge in [0.25, 0.3) is 0 Å². The molecule has 138 valence electrons. The second kappa shape index (κ2) is 7.40. The van der Waals surface area contributed by atoms with Crippen molar-refractivity contribution < 1.29 is 13.2 Å². The van der Waals surface area contributed by atoms with Crippen molar-refractivity contribution in [3.63, 3.8) is 0 Å². The highest BCUT2D eigenvalue weighted by Crippen LogP contribution is 2.38. The van der Waals surface area contributed by atoms with E-state index in [9.17, 15) is 13.2 Å². The Hall–Kier alpha value is -1.86. The minimum absolute atomic E-state index is 0.167. The average molecular weight is 426 g/mol. The predicted octanol–water partition coefficient (Wildman–Crippen LogP) is 5.44. The summed E-state index contributed by atoms with van der Waals surface area (Å²) in [6.45, 7) is 1.68. The molecule has 0 aliphatic carbocycles. The van der Waals surface area contributed by atoms with Gasteiger partial charge in [-0.3, -0.25) is 4.68 Å². The van der Waals surface area contributed by atoms with Crippen LogP contribution in [0.1, 0.15) is 12.0 Å². The molecule has 0 spiro atoms. The van der Waals surface area contributed by atoms with E-state index < -0.39 is 11.7 Å². The van der Waals surface area contributed by atoms with Gasteiger partial charge in [-0.15, -0.1) is 0 Å². The lowest BCUT2D eigenvalue weighted by atomic mass is 9.98. The van der Waals surface area contributed by atoms with Crippen LogP contribution in [-0.4, -0.2) is 35.3 Å². The number of aromatic nitrogens is 2. The summed E-state index contributed by atoms with van der Waals surface area (Å²) in [6.07, 6.45) is -3.46. The van der Waals surface area contributed by atoms with Gasteiger partial charge in [-0.05, 0) is 72.3 Å². The van der Waals surface area contributed by atoms with Crippen molar-refractivity contribution in [2.24, 2.45) is 0 Å². The number of alkyl halides is 3. The van der Waals surface area contributed by atoms with Crippen molar-refractivity contribution in [2.45, 2.75) is 19.1 Å². The van der Waals surface area contributed by atoms with Gasteiger partial charge < -0.3 is 4.90 Å². The third-order valence-electron chi connectivity index (χ3n) is 4.19. The monoisotopic (exact) mass is 425 g/mol. The summed E-state index contributed by atoms with van der Waals surface area (Å²) in [7, 11) is 4.03. The first-order valence-electron chi connectivity index (χ1n) is 8.25. The molecular weight excluding hydrogens is 407 g/mol. The van der Waals surface area contributed by atoms with Crippen LogP contribution in [0.15, 0.2) is 47.1 Å². The molecule has 0 saturated carbocycles. The van der Waals surface area contributed by atoms with Crippen LogP contribution in [0.2, 0.25) is 0 Å². The van der Waals surface area contributed by atoms with Crippen LogP contribution in [0.4, 0.5) is 13.2 Å². The van der Waals surface area contributed by atoms with Crippen LogP contribution in [0.25, 0.3) is 22.0 Å². The van der Waals surface area contributed by atoms with E-state index >= 15 is 0 Å². The Kier molecular flexibility index (Phi) is 5.39. The minimum Gasteiger partial charge on any atom is -0.309 e. The van der Waals surface area contributed by atoms with E-state index in [4.69, 9.17) is 0 Å². The maximum absolute atomic E-state index is 13.3. The zero-order chi connectivity index (χ0) is 18.9. The van der Waals surface area contributed by atoms with E-state index in [-0.39, 0.29) is 5.56 Å². The lowest BCUT2D eigenvalue weighted by Crippen LogP contribution is -2.15. The van der Waals surface area contributed by atoms with Crippen molar-refractivity contribution in [3.8, 4) is 11.1 Å². The molecule has 26 heavy (non-hydrogen) atoms. The van der Waals surface area contributed by atoms with Crippen LogP contribution in [0.3, 0.4) is 0 Å². The van der Waals surface area contributed by atoms with Crippen molar-refractivity contribution in [1.29, 1.82) is 0 Å². The molecule has 7 heteroatoms. The number of hydrogen-bond acceptors (Lipinski definition) is 2. The first-order chi connectivity index (χ1) is 12.3. The second-order valence-corrected chi connectivity index (χ2v) is 7.20. The van der Waals surface area contributed by atoms with Gasteiger partial charge in [0.15, 0.2) is 0 Å². The third-order valence-corrected chi connectivity index (χ3v) is 5.03. The predicted molar refractivity (Wildman–Crippen MR) is 101 cm³/mol. The summed E-state index contributed by atoms with van der Waals surface area (Å²) in [4.78, 5) is 2.10. The Balaban J connectivity index is 1.98. The summed E-state index contributed by atoms with van der Waals surface area (Å²) in [5, 5.41) is 5.45. The number of benzene rings is 2. The zero-order valence-electron chi connectivity index (χ0n) is 14.5. The molecule has 3 nitrogen and oxygen atoms in total. The maximum atomic E-state index is 13.3. The molecule has 0 bridgehead atoms. The van der Waals surface area contributed by atoms with Gasteiger partial charge >= 0.3 is 6.18 Å². The van der Waals surface area contributed by atoms with Gasteiger partial charge in [-0.25, -0.2) is 0 Å². The summed E-state index contributed by atoms with van der Waals surface area (Å²) in [6, 6.07) is 10.9. The number of aryl methyl sites for hydroxylation is 1. The lowest BCUT2D eigenvalue weighted by molar-refractivity contribution is -0.137. The largest absolute Gasteiger partial charge is 0.417 e. The van der Waals surface area contributed by atoms with Crippen LogP contribution in [0, 0.1) is 0 Å². The van der Waals surface area contributed by atoms with Crippen molar-refractivity contribution in [3.05, 3.63) is 52.6 Å². The Morgan fingerprint density at radius 1 is 1.12 bits per heavy atom. The molecule has 0 N–H and O–H groups in total. The van der Waals surface area contributed by atoms with E-state index in [1.165, 1.54) is 12.1 Å². The Bertz CT molecular complexity index is 916. The van der Waals surface area contributed by atoms with Gasteiger partial charge in [0.05, 0.1) is 11.1 Å². The number of fused-ring (bicyclic) bond motifs is 1. The fraction of sp³-hybridized carbons (Fsp3) is 0.316. The standard InChI is InChI=1S/C19H19BrF3N3/c1-25(2)10-5-11-26-18(20)15-9-8-13(12-17(15)24-26)14-6-3-4-7-16(14)19(21,22)23/h3-4,6-9,12H,5,10-11H2,1-2H3. The molecule has 0 fully saturated rings. The van der Waals surface area contributed by atoms with Gasteiger partial charge in [-0.1, -0.05) is 24.3 Å². The quantitative estimate of drug-likeness (QED) is 0.542. The summed E-state index contributed by atoms with van der Waals surface area (Å²) in [5.74, 6) is 0. The van der Waals surface area contributed by atoms with Crippen molar-refractivity contribution in [1.82, 2.24) is 14.7 Å². The van der Waals surface area contributed by atoms with Crippen LogP contribution < -0.4 is 0 Å². The topological polar surface area (TPSA) is 21.1 Å². The molecule has 0 saturated heterocycles. The lowest BCUT2D eigenvalue weighted by Gasteiger charge is -2.12. The van der Waals surface area contributed by atoms with Crippen molar-refractivity contribution in [2.75, 3.05) is 20.6 Å². The molecule has 0 unspecified atom stereocenters. The number of halogens is 4. The fourth-order valence-corrected chi connectivity index (χ4v) is 3.53. The molecule has 0 radical (unpaired) electrons. The minimum atomic E-state index is -4.39. The smallest absolute Gasteiger partial charge is 0.309 e. The highest BCUT2D eigenvalue weighted by atomic mass is 79.9. The molecule has 3 rings (SSSR count). The molecule has 0 amide bonds. The van der Waals surface area contributed by atoms with Crippen molar-refractivity contribution >= 4 is 26.8 Å². The Morgan fingerprint density at radius 2 is 1.85 bits per heavy atom. The number of rotatable bonds is 5. The van der Waals surface area contributed by atoms with Gasteiger partial charge in [0, 0.05) is 11.9 Å². The Labute approximate surface area is 158 Å². The van der Waals surface area contributed by atoms with E-state index in [0.717, 1.165) is 35.6 Å². The van der Waals surface area contributed by atoms with Crippen LogP contribution >= 0.6 is 15.9 Å². The molecule has 0 aliphatic heterocycles. The van der Waals surface area contributed by atoms with Gasteiger partial charge in [0.2, 0.25) is 0 Å². The molecule has 0 aliphatic rings. The first kappa shape index (κ1) is 18.9. The molecule has 3 aromatic rings. The fourth-order valence-electron chi connectivity index (χ4n) is 2.94. The maximum Gasteiger partial charge on any atom is 0.417 e. The van der Waals surface area contributed by atoms with Crippen LogP contribution in [-0.2, 0) is 12.7 Å². The van der Waals surface area contributed by atoms with E-state index in [1.54, 1.807) is 18.2 Å². The molecule has 2 aromatic carbocycles. The summed E-state index contributed by atoms with van der Waals surface area (Å²) >= 11 is 3.55. The average Bonchev–Trinajstić information content (AvgIpc) is 2.89. The second-order valence-electron chi connectivity index (χ2n) is 6.45. The van der Waals surface area contributed by atoms with E-state index in [0.29, 0.717) is 11.1 Å². The summed E-state index contributed by atoms with van der Waals surface area (Å²) < 4.78 is 42.6. The molecule has 1 aromatic heterocycles. The van der Waals surface area contributed by atoms with Gasteiger partial charge in [-0.2, -0.15) is 18.3 Å². The third kappa shape index (κ3) is 3.94. The zero-order valence-corrected chi connectivity index (χ0v) is 16.1. The number of hydrogen-bond donors (Lipinski definition) is 0. The highest BCUT2D eigenvalue weighted by Gasteiger charge is 2.33. The van der Waals surface area contributed by atoms with Crippen LogP contribution in [0.5, 0.6) is 0 Å². The first-order valence-corrected chi connectivity index (χ1v) is 9.04. The van der Waals surface area contributed by atoms with E-state index in [1.807, 2.05) is 24.8 Å². The summed E-state index contributed by atoms with van der Waals surface area (Å²) in [5.41, 5.74) is 0.719. The molecule has 0 atom stereocenters. The SMILES string of the molecule is CN(C)CCCn1nc2cc(-c3ccccc3C(F)(F)F)ccc2c1Br. The Morgan fingerprint density at radius 3 is 2.54 bits per heavy atom. The van der Waals surface area contributed by atoms with E-state index in [2.05, 4.69) is 25.9 Å². The number of nitrogens with zero attached hydrogens (tertiary/aromatic N) is 3. The molecule has 1 heterocycles. The van der Waals surface area contributed by atoms with Gasteiger partial charge in [0.1, 0.15) is 4.60 Å². The highest BCUT2D eigenvalue weighted by molar-refractivity contribution is 9.10.